The van der Waals surface area contributed by atoms with Gasteiger partial charge < -0.3 is 10.7 Å². The van der Waals surface area contributed by atoms with Crippen LogP contribution in [0.15, 0.2) is 9.79 Å². The van der Waals surface area contributed by atoms with Gasteiger partial charge in [0.05, 0.1) is 11.1 Å². The molecule has 5 nitrogen and oxygen atoms in total. The number of H-pyrrole nitrogens is 1. The van der Waals surface area contributed by atoms with Gasteiger partial charge in [0, 0.05) is 11.9 Å². The predicted molar refractivity (Wildman–Crippen MR) is 81.1 cm³/mol. The summed E-state index contributed by atoms with van der Waals surface area (Å²) in [4.78, 5) is 25.6. The van der Waals surface area contributed by atoms with Crippen molar-refractivity contribution in [1.82, 2.24) is 9.97 Å². The van der Waals surface area contributed by atoms with Crippen LogP contribution >= 0.6 is 23.1 Å². The summed E-state index contributed by atoms with van der Waals surface area (Å²) in [5.74, 6) is 1.20. The molecule has 0 saturated heterocycles. The van der Waals surface area contributed by atoms with E-state index in [0.29, 0.717) is 16.7 Å². The third kappa shape index (κ3) is 2.28. The smallest absolute Gasteiger partial charge is 0.259 e. The van der Waals surface area contributed by atoms with Gasteiger partial charge in [-0.15, -0.1) is 11.3 Å². The molecule has 1 aliphatic rings. The second-order valence-corrected chi connectivity index (χ2v) is 6.48. The van der Waals surface area contributed by atoms with E-state index < -0.39 is 0 Å². The molecule has 0 aliphatic heterocycles. The number of thiophene rings is 1. The molecule has 0 bridgehead atoms. The van der Waals surface area contributed by atoms with Crippen molar-refractivity contribution in [3.05, 3.63) is 26.6 Å². The lowest BCUT2D eigenvalue weighted by Crippen LogP contribution is -2.13. The van der Waals surface area contributed by atoms with E-state index in [1.165, 1.54) is 22.2 Å². The fourth-order valence-corrected chi connectivity index (χ4v) is 4.15. The van der Waals surface area contributed by atoms with E-state index >= 15 is 0 Å². The molecule has 0 fully saturated rings. The molecule has 2 aromatic rings. The number of nitrogens with one attached hydrogen (secondary N) is 1. The molecule has 3 rings (SSSR count). The van der Waals surface area contributed by atoms with Crippen LogP contribution in [-0.4, -0.2) is 22.2 Å². The highest BCUT2D eigenvalue weighted by Gasteiger charge is 2.20. The Morgan fingerprint density at radius 1 is 1.58 bits per heavy atom. The first-order chi connectivity index (χ1) is 9.19. The number of aliphatic imine (C=N–C) groups is 1. The largest absolute Gasteiger partial charge is 0.379 e. The van der Waals surface area contributed by atoms with E-state index in [-0.39, 0.29) is 5.56 Å². The topological polar surface area (TPSA) is 84.1 Å². The van der Waals surface area contributed by atoms with E-state index in [2.05, 4.69) is 15.0 Å². The van der Waals surface area contributed by atoms with Gasteiger partial charge in [-0.1, -0.05) is 11.8 Å². The van der Waals surface area contributed by atoms with E-state index in [1.54, 1.807) is 18.4 Å². The highest BCUT2D eigenvalue weighted by Crippen LogP contribution is 2.34. The standard InChI is InChI=1S/C12H14N4OS2/c1-14-12(13)18-5-8-15-10(17)9-6-3-2-4-7(6)19-11(9)16-8/h2-5H2,1H3,(H2,13,14)(H,15,16,17). The Bertz CT molecular complexity index is 716. The summed E-state index contributed by atoms with van der Waals surface area (Å²) in [5.41, 5.74) is 6.82. The zero-order valence-electron chi connectivity index (χ0n) is 10.5. The Balaban J connectivity index is 1.99. The number of thioether (sulfide) groups is 1. The molecule has 0 aromatic carbocycles. The monoisotopic (exact) mass is 294 g/mol. The minimum absolute atomic E-state index is 0.0213. The molecule has 0 unspecified atom stereocenters. The molecule has 19 heavy (non-hydrogen) atoms. The Morgan fingerprint density at radius 3 is 3.21 bits per heavy atom. The molecule has 0 saturated carbocycles. The van der Waals surface area contributed by atoms with Crippen LogP contribution in [0.25, 0.3) is 10.2 Å². The second-order valence-electron chi connectivity index (χ2n) is 4.40. The normalized spacial score (nSPS) is 15.1. The van der Waals surface area contributed by atoms with Gasteiger partial charge in [0.25, 0.3) is 5.56 Å². The highest BCUT2D eigenvalue weighted by atomic mass is 32.2. The number of hydrogen-bond acceptors (Lipinski definition) is 5. The number of rotatable bonds is 2. The van der Waals surface area contributed by atoms with Crippen LogP contribution in [0.3, 0.4) is 0 Å². The zero-order valence-corrected chi connectivity index (χ0v) is 12.2. The zero-order chi connectivity index (χ0) is 13.4. The van der Waals surface area contributed by atoms with Crippen molar-refractivity contribution in [3.63, 3.8) is 0 Å². The molecule has 0 spiro atoms. The fourth-order valence-electron chi connectivity index (χ4n) is 2.32. The van der Waals surface area contributed by atoms with Crippen molar-refractivity contribution in [1.29, 1.82) is 0 Å². The lowest BCUT2D eigenvalue weighted by Gasteiger charge is -2.01. The van der Waals surface area contributed by atoms with E-state index in [1.807, 2.05) is 0 Å². The minimum Gasteiger partial charge on any atom is -0.379 e. The number of nitrogens with zero attached hydrogens (tertiary/aromatic N) is 2. The Kier molecular flexibility index (Phi) is 3.32. The summed E-state index contributed by atoms with van der Waals surface area (Å²) in [6, 6.07) is 0. The van der Waals surface area contributed by atoms with Crippen LogP contribution in [0.1, 0.15) is 22.7 Å². The van der Waals surface area contributed by atoms with Gasteiger partial charge in [-0.05, 0) is 24.8 Å². The molecular weight excluding hydrogens is 280 g/mol. The highest BCUT2D eigenvalue weighted by molar-refractivity contribution is 8.13. The average molecular weight is 294 g/mol. The first-order valence-corrected chi connectivity index (χ1v) is 7.87. The Morgan fingerprint density at radius 2 is 2.42 bits per heavy atom. The van der Waals surface area contributed by atoms with Crippen LogP contribution in [0.2, 0.25) is 0 Å². The van der Waals surface area contributed by atoms with Crippen molar-refractivity contribution >= 4 is 38.5 Å². The summed E-state index contributed by atoms with van der Waals surface area (Å²) >= 11 is 3.03. The lowest BCUT2D eigenvalue weighted by atomic mass is 10.2. The number of fused-ring (bicyclic) bond motifs is 3. The molecule has 1 aliphatic carbocycles. The van der Waals surface area contributed by atoms with Gasteiger partial charge in [0.2, 0.25) is 0 Å². The van der Waals surface area contributed by atoms with Crippen molar-refractivity contribution in [2.24, 2.45) is 10.7 Å². The maximum Gasteiger partial charge on any atom is 0.259 e. The summed E-state index contributed by atoms with van der Waals surface area (Å²) in [7, 11) is 1.64. The summed E-state index contributed by atoms with van der Waals surface area (Å²) in [6.45, 7) is 0. The van der Waals surface area contributed by atoms with E-state index in [4.69, 9.17) is 5.73 Å². The number of hydrogen-bond donors (Lipinski definition) is 2. The third-order valence-corrected chi connectivity index (χ3v) is 5.28. The van der Waals surface area contributed by atoms with Gasteiger partial charge in [0.1, 0.15) is 10.7 Å². The molecule has 2 heterocycles. The fraction of sp³-hybridized carbons (Fsp3) is 0.417. The van der Waals surface area contributed by atoms with Crippen LogP contribution < -0.4 is 11.3 Å². The van der Waals surface area contributed by atoms with Crippen molar-refractivity contribution < 1.29 is 0 Å². The first kappa shape index (κ1) is 12.7. The van der Waals surface area contributed by atoms with E-state index in [9.17, 15) is 4.79 Å². The number of amidine groups is 1. The predicted octanol–water partition coefficient (Wildman–Crippen LogP) is 1.65. The van der Waals surface area contributed by atoms with Crippen LogP contribution in [0.4, 0.5) is 0 Å². The summed E-state index contributed by atoms with van der Waals surface area (Å²) < 4.78 is 0. The van der Waals surface area contributed by atoms with Gasteiger partial charge in [-0.25, -0.2) is 4.98 Å². The quantitative estimate of drug-likeness (QED) is 0.651. The Labute approximate surface area is 118 Å². The molecule has 0 atom stereocenters. The molecule has 7 heteroatoms. The maximum atomic E-state index is 12.2. The van der Waals surface area contributed by atoms with Crippen molar-refractivity contribution in [2.45, 2.75) is 25.0 Å². The maximum absolute atomic E-state index is 12.2. The summed E-state index contributed by atoms with van der Waals surface area (Å²) in [5, 5.41) is 1.29. The second kappa shape index (κ2) is 4.97. The molecule has 0 radical (unpaired) electrons. The van der Waals surface area contributed by atoms with Crippen LogP contribution in [-0.2, 0) is 18.6 Å². The number of aromatic nitrogens is 2. The molecule has 2 aromatic heterocycles. The van der Waals surface area contributed by atoms with Crippen LogP contribution in [0.5, 0.6) is 0 Å². The number of aromatic amines is 1. The van der Waals surface area contributed by atoms with E-state index in [0.717, 1.165) is 29.5 Å². The third-order valence-electron chi connectivity index (χ3n) is 3.20. The number of aryl methyl sites for hydroxylation is 2. The number of nitrogens with two attached hydrogens (primary N) is 1. The lowest BCUT2D eigenvalue weighted by molar-refractivity contribution is 0.916. The van der Waals surface area contributed by atoms with Crippen molar-refractivity contribution in [3.8, 4) is 0 Å². The summed E-state index contributed by atoms with van der Waals surface area (Å²) in [6.07, 6.45) is 3.23. The SMILES string of the molecule is CN=C(N)SCc1nc2sc3c(c2c(=O)[nH]1)CCC3. The molecular formula is C12H14N4OS2. The van der Waals surface area contributed by atoms with Gasteiger partial charge in [-0.3, -0.25) is 9.79 Å². The van der Waals surface area contributed by atoms with Crippen LogP contribution in [0, 0.1) is 0 Å². The first-order valence-electron chi connectivity index (χ1n) is 6.07. The molecule has 3 N–H and O–H groups in total. The molecule has 0 amide bonds. The minimum atomic E-state index is -0.0213. The Hall–Kier alpha value is -1.34. The molecule has 100 valence electrons. The van der Waals surface area contributed by atoms with Gasteiger partial charge in [-0.2, -0.15) is 0 Å². The van der Waals surface area contributed by atoms with Gasteiger partial charge >= 0.3 is 0 Å². The average Bonchev–Trinajstić information content (AvgIpc) is 2.95. The van der Waals surface area contributed by atoms with Gasteiger partial charge in [0.15, 0.2) is 5.17 Å². The van der Waals surface area contributed by atoms with Crippen molar-refractivity contribution in [2.75, 3.05) is 7.05 Å².